The first-order chi connectivity index (χ1) is 10.4. The second-order valence-electron chi connectivity index (χ2n) is 4.57. The topological polar surface area (TPSA) is 151 Å². The van der Waals surface area contributed by atoms with Crippen LogP contribution in [0.5, 0.6) is 0 Å². The number of primary amides is 1. The minimum absolute atomic E-state index is 0.00986. The van der Waals surface area contributed by atoms with Gasteiger partial charge in [-0.15, -0.1) is 0 Å². The fourth-order valence-corrected chi connectivity index (χ4v) is 1.63. The second kappa shape index (κ2) is 8.57. The van der Waals surface area contributed by atoms with Gasteiger partial charge in [-0.3, -0.25) is 14.9 Å². The van der Waals surface area contributed by atoms with Gasteiger partial charge in [-0.1, -0.05) is 0 Å². The number of nitro groups is 1. The molecule has 9 nitrogen and oxygen atoms in total. The van der Waals surface area contributed by atoms with Gasteiger partial charge in [0.15, 0.2) is 0 Å². The summed E-state index contributed by atoms with van der Waals surface area (Å²) < 4.78 is 5.02. The molecule has 5 N–H and O–H groups in total. The molecule has 2 amide bonds. The fraction of sp³-hybridized carbons (Fsp3) is 0.385. The number of carbonyl (C=O) groups excluding carboxylic acids is 2. The Morgan fingerprint density at radius 1 is 1.32 bits per heavy atom. The van der Waals surface area contributed by atoms with Crippen LogP contribution in [0.3, 0.4) is 0 Å². The Kier molecular flexibility index (Phi) is 6.77. The van der Waals surface area contributed by atoms with Crippen LogP contribution in [0.4, 0.5) is 10.5 Å². The van der Waals surface area contributed by atoms with Gasteiger partial charge in [0.05, 0.1) is 4.92 Å². The molecule has 1 rings (SSSR count). The predicted octanol–water partition coefficient (Wildman–Crippen LogP) is 0.414. The standard InChI is InChI=1S/C13H18N4O5/c14-11(2-1-7-16-13(15)19)12(18)22-8-9-3-5-10(6-4-9)17(20)21/h3-6,11H,1-2,7-8,14H2,(H3,15,16,19). The fourth-order valence-electron chi connectivity index (χ4n) is 1.63. The Hall–Kier alpha value is -2.68. The molecule has 0 heterocycles. The molecule has 120 valence electrons. The quantitative estimate of drug-likeness (QED) is 0.274. The molecule has 1 aromatic carbocycles. The van der Waals surface area contributed by atoms with Crippen LogP contribution in [0.25, 0.3) is 0 Å². The molecular weight excluding hydrogens is 292 g/mol. The van der Waals surface area contributed by atoms with Crippen molar-refractivity contribution in [3.63, 3.8) is 0 Å². The first-order valence-electron chi connectivity index (χ1n) is 6.59. The molecule has 0 aliphatic heterocycles. The number of benzene rings is 1. The van der Waals surface area contributed by atoms with Gasteiger partial charge >= 0.3 is 12.0 Å². The third-order valence-corrected chi connectivity index (χ3v) is 2.82. The average Bonchev–Trinajstić information content (AvgIpc) is 2.49. The van der Waals surface area contributed by atoms with E-state index in [4.69, 9.17) is 16.2 Å². The lowest BCUT2D eigenvalue weighted by Gasteiger charge is -2.11. The van der Waals surface area contributed by atoms with Crippen LogP contribution in [0.2, 0.25) is 0 Å². The number of nitrogens with one attached hydrogen (secondary N) is 1. The van der Waals surface area contributed by atoms with E-state index < -0.39 is 23.0 Å². The number of urea groups is 1. The molecule has 0 bridgehead atoms. The minimum Gasteiger partial charge on any atom is -0.460 e. The average molecular weight is 310 g/mol. The monoisotopic (exact) mass is 310 g/mol. The zero-order valence-electron chi connectivity index (χ0n) is 11.9. The van der Waals surface area contributed by atoms with Gasteiger partial charge < -0.3 is 21.5 Å². The minimum atomic E-state index is -0.798. The number of amides is 2. The van der Waals surface area contributed by atoms with Crippen LogP contribution in [0.15, 0.2) is 24.3 Å². The third-order valence-electron chi connectivity index (χ3n) is 2.82. The number of carbonyl (C=O) groups is 2. The second-order valence-corrected chi connectivity index (χ2v) is 4.57. The lowest BCUT2D eigenvalue weighted by atomic mass is 10.1. The van der Waals surface area contributed by atoms with Crippen molar-refractivity contribution in [1.29, 1.82) is 0 Å². The molecule has 0 saturated heterocycles. The highest BCUT2D eigenvalue weighted by Gasteiger charge is 2.15. The van der Waals surface area contributed by atoms with Crippen molar-refractivity contribution in [1.82, 2.24) is 5.32 Å². The van der Waals surface area contributed by atoms with E-state index in [0.29, 0.717) is 24.9 Å². The van der Waals surface area contributed by atoms with Gasteiger partial charge in [0.2, 0.25) is 0 Å². The lowest BCUT2D eigenvalue weighted by molar-refractivity contribution is -0.384. The van der Waals surface area contributed by atoms with Gasteiger partial charge in [-0.05, 0) is 30.5 Å². The Labute approximate surface area is 126 Å². The first-order valence-corrected chi connectivity index (χ1v) is 6.59. The van der Waals surface area contributed by atoms with Crippen LogP contribution >= 0.6 is 0 Å². The molecule has 22 heavy (non-hydrogen) atoms. The van der Waals surface area contributed by atoms with Crippen LogP contribution in [-0.4, -0.2) is 29.5 Å². The highest BCUT2D eigenvalue weighted by Crippen LogP contribution is 2.12. The van der Waals surface area contributed by atoms with Crippen LogP contribution < -0.4 is 16.8 Å². The Morgan fingerprint density at radius 3 is 2.50 bits per heavy atom. The first kappa shape index (κ1) is 17.4. The Balaban J connectivity index is 2.32. The lowest BCUT2D eigenvalue weighted by Crippen LogP contribution is -2.34. The number of nitrogens with zero attached hydrogens (tertiary/aromatic N) is 1. The van der Waals surface area contributed by atoms with Crippen molar-refractivity contribution in [2.45, 2.75) is 25.5 Å². The molecule has 0 aliphatic rings. The van der Waals surface area contributed by atoms with Crippen LogP contribution in [0, 0.1) is 10.1 Å². The number of rotatable bonds is 8. The summed E-state index contributed by atoms with van der Waals surface area (Å²) in [5.74, 6) is -0.572. The van der Waals surface area contributed by atoms with Gasteiger partial charge in [-0.2, -0.15) is 0 Å². The summed E-state index contributed by atoms with van der Waals surface area (Å²) in [6.45, 7) is 0.322. The number of hydrogen-bond donors (Lipinski definition) is 3. The van der Waals surface area contributed by atoms with Gasteiger partial charge in [0.25, 0.3) is 5.69 Å². The zero-order chi connectivity index (χ0) is 16.5. The molecule has 1 unspecified atom stereocenters. The van der Waals surface area contributed by atoms with E-state index in [-0.39, 0.29) is 12.3 Å². The van der Waals surface area contributed by atoms with Crippen molar-refractivity contribution in [2.24, 2.45) is 11.5 Å². The maximum Gasteiger partial charge on any atom is 0.323 e. The summed E-state index contributed by atoms with van der Waals surface area (Å²) in [5, 5.41) is 12.9. The number of non-ortho nitro benzene ring substituents is 1. The summed E-state index contributed by atoms with van der Waals surface area (Å²) in [6, 6.07) is 4.25. The van der Waals surface area contributed by atoms with E-state index in [1.54, 1.807) is 0 Å². The van der Waals surface area contributed by atoms with Gasteiger partial charge in [-0.25, -0.2) is 4.79 Å². The smallest absolute Gasteiger partial charge is 0.323 e. The molecule has 0 fully saturated rings. The summed E-state index contributed by atoms with van der Waals surface area (Å²) in [7, 11) is 0. The van der Waals surface area contributed by atoms with Gasteiger partial charge in [0, 0.05) is 18.7 Å². The van der Waals surface area contributed by atoms with Crippen molar-refractivity contribution >= 4 is 17.7 Å². The summed E-state index contributed by atoms with van der Waals surface area (Å²) >= 11 is 0. The highest BCUT2D eigenvalue weighted by molar-refractivity contribution is 5.75. The number of hydrogen-bond acceptors (Lipinski definition) is 6. The molecule has 1 atom stereocenters. The van der Waals surface area contributed by atoms with E-state index in [0.717, 1.165) is 0 Å². The molecular formula is C13H18N4O5. The van der Waals surface area contributed by atoms with Crippen molar-refractivity contribution in [2.75, 3.05) is 6.54 Å². The number of nitrogens with two attached hydrogens (primary N) is 2. The van der Waals surface area contributed by atoms with Crippen molar-refractivity contribution < 1.29 is 19.2 Å². The predicted molar refractivity (Wildman–Crippen MR) is 77.7 cm³/mol. The number of ether oxygens (including phenoxy) is 1. The number of nitro benzene ring substituents is 1. The maximum atomic E-state index is 11.7. The summed E-state index contributed by atoms with van der Waals surface area (Å²) in [5.41, 5.74) is 11.1. The summed E-state index contributed by atoms with van der Waals surface area (Å²) in [4.78, 5) is 32.1. The van der Waals surface area contributed by atoms with E-state index in [1.165, 1.54) is 24.3 Å². The normalized spacial score (nSPS) is 11.5. The Morgan fingerprint density at radius 2 is 1.95 bits per heavy atom. The zero-order valence-corrected chi connectivity index (χ0v) is 11.9. The molecule has 0 radical (unpaired) electrons. The molecule has 9 heteroatoms. The maximum absolute atomic E-state index is 11.7. The van der Waals surface area contributed by atoms with E-state index in [9.17, 15) is 19.7 Å². The largest absolute Gasteiger partial charge is 0.460 e. The van der Waals surface area contributed by atoms with Crippen molar-refractivity contribution in [3.05, 3.63) is 39.9 Å². The molecule has 0 spiro atoms. The number of esters is 1. The summed E-state index contributed by atoms with van der Waals surface area (Å²) in [6.07, 6.45) is 0.843. The third kappa shape index (κ3) is 6.18. The molecule has 0 aliphatic carbocycles. The van der Waals surface area contributed by atoms with E-state index in [1.807, 2.05) is 0 Å². The van der Waals surface area contributed by atoms with Crippen molar-refractivity contribution in [3.8, 4) is 0 Å². The van der Waals surface area contributed by atoms with E-state index in [2.05, 4.69) is 5.32 Å². The molecule has 0 aromatic heterocycles. The van der Waals surface area contributed by atoms with E-state index >= 15 is 0 Å². The Bertz CT molecular complexity index is 532. The van der Waals surface area contributed by atoms with Crippen LogP contribution in [0.1, 0.15) is 18.4 Å². The highest BCUT2D eigenvalue weighted by atomic mass is 16.6. The van der Waals surface area contributed by atoms with Crippen LogP contribution in [-0.2, 0) is 16.1 Å². The van der Waals surface area contributed by atoms with Gasteiger partial charge in [0.1, 0.15) is 12.6 Å². The molecule has 1 aromatic rings. The molecule has 0 saturated carbocycles. The SMILES string of the molecule is NC(=O)NCCCC(N)C(=O)OCc1ccc([N+](=O)[O-])cc1.